The summed E-state index contributed by atoms with van der Waals surface area (Å²) < 4.78 is 10.4. The van der Waals surface area contributed by atoms with E-state index in [0.29, 0.717) is 23.5 Å². The number of halogens is 1. The summed E-state index contributed by atoms with van der Waals surface area (Å²) in [4.78, 5) is 9.43. The van der Waals surface area contributed by atoms with Crippen LogP contribution in [0, 0.1) is 0 Å². The standard InChI is InChI=1S/C18H24ClN3O2/c1-5-12(6-2)20-17-18(23-4)22-16(14(7-3)21-17)13-10-8-9-11-15(13)24-19/h8-12H,5-7H2,1-4H3,(H,20,21). The SMILES string of the molecule is CCc1nc(NC(CC)CC)c(OC)nc1-c1ccccc1OCl. The maximum Gasteiger partial charge on any atom is 0.257 e. The molecule has 0 fully saturated rings. The van der Waals surface area contributed by atoms with Gasteiger partial charge in [0.2, 0.25) is 0 Å². The van der Waals surface area contributed by atoms with Crippen LogP contribution in [0.1, 0.15) is 39.3 Å². The van der Waals surface area contributed by atoms with E-state index in [0.717, 1.165) is 36.2 Å². The summed E-state index contributed by atoms with van der Waals surface area (Å²) in [5.41, 5.74) is 2.38. The highest BCUT2D eigenvalue weighted by molar-refractivity contribution is 6.09. The van der Waals surface area contributed by atoms with E-state index in [2.05, 4.69) is 24.1 Å². The highest BCUT2D eigenvalue weighted by atomic mass is 35.5. The minimum absolute atomic E-state index is 0.335. The Morgan fingerprint density at radius 3 is 2.42 bits per heavy atom. The summed E-state index contributed by atoms with van der Waals surface area (Å²) in [7, 11) is 1.60. The Hall–Kier alpha value is -2.01. The number of hydrogen-bond acceptors (Lipinski definition) is 5. The Morgan fingerprint density at radius 1 is 1.12 bits per heavy atom. The van der Waals surface area contributed by atoms with Gasteiger partial charge in [-0.3, -0.25) is 0 Å². The van der Waals surface area contributed by atoms with E-state index in [4.69, 9.17) is 25.9 Å². The van der Waals surface area contributed by atoms with Crippen LogP contribution in [0.4, 0.5) is 5.82 Å². The topological polar surface area (TPSA) is 56.3 Å². The van der Waals surface area contributed by atoms with Gasteiger partial charge < -0.3 is 14.3 Å². The first-order chi connectivity index (χ1) is 11.7. The Morgan fingerprint density at radius 2 is 1.83 bits per heavy atom. The minimum atomic E-state index is 0.335. The average Bonchev–Trinajstić information content (AvgIpc) is 2.65. The largest absolute Gasteiger partial charge is 0.478 e. The molecule has 1 heterocycles. The van der Waals surface area contributed by atoms with Crippen LogP contribution in [0.2, 0.25) is 0 Å². The lowest BCUT2D eigenvalue weighted by Crippen LogP contribution is -2.19. The number of methoxy groups -OCH3 is 1. The molecule has 0 saturated heterocycles. The third-order valence-corrected chi connectivity index (χ3v) is 4.18. The van der Waals surface area contributed by atoms with Crippen molar-refractivity contribution in [2.45, 2.75) is 46.1 Å². The van der Waals surface area contributed by atoms with Gasteiger partial charge in [0.25, 0.3) is 5.88 Å². The molecule has 0 bridgehead atoms. The number of benzene rings is 1. The van der Waals surface area contributed by atoms with Crippen LogP contribution < -0.4 is 14.3 Å². The van der Waals surface area contributed by atoms with Crippen molar-refractivity contribution in [3.63, 3.8) is 0 Å². The van der Waals surface area contributed by atoms with Crippen LogP contribution in [-0.2, 0) is 6.42 Å². The number of aryl methyl sites for hydroxylation is 1. The molecule has 0 amide bonds. The second-order valence-corrected chi connectivity index (χ2v) is 5.62. The van der Waals surface area contributed by atoms with Crippen molar-refractivity contribution in [1.29, 1.82) is 0 Å². The lowest BCUT2D eigenvalue weighted by molar-refractivity contribution is 0.397. The molecule has 1 aromatic heterocycles. The molecular weight excluding hydrogens is 326 g/mol. The number of nitrogens with one attached hydrogen (secondary N) is 1. The molecule has 6 heteroatoms. The number of anilines is 1. The normalized spacial score (nSPS) is 10.8. The fraction of sp³-hybridized carbons (Fsp3) is 0.444. The van der Waals surface area contributed by atoms with Crippen molar-refractivity contribution >= 4 is 17.7 Å². The Labute approximate surface area is 148 Å². The van der Waals surface area contributed by atoms with Crippen molar-refractivity contribution in [3.05, 3.63) is 30.0 Å². The van der Waals surface area contributed by atoms with Gasteiger partial charge in [-0.05, 0) is 31.4 Å². The number of rotatable bonds is 8. The van der Waals surface area contributed by atoms with Gasteiger partial charge in [0.05, 0.1) is 18.5 Å². The predicted octanol–water partition coefficient (Wildman–Crippen LogP) is 4.85. The highest BCUT2D eigenvalue weighted by Gasteiger charge is 2.19. The van der Waals surface area contributed by atoms with Gasteiger partial charge in [-0.15, -0.1) is 0 Å². The smallest absolute Gasteiger partial charge is 0.257 e. The quantitative estimate of drug-likeness (QED) is 0.738. The fourth-order valence-electron chi connectivity index (χ4n) is 2.57. The van der Waals surface area contributed by atoms with Crippen molar-refractivity contribution < 1.29 is 9.03 Å². The zero-order valence-corrected chi connectivity index (χ0v) is 15.4. The number of hydrogen-bond donors (Lipinski definition) is 1. The molecule has 0 unspecified atom stereocenters. The Bertz CT molecular complexity index is 675. The average molecular weight is 350 g/mol. The predicted molar refractivity (Wildman–Crippen MR) is 97.9 cm³/mol. The number of nitrogens with zero attached hydrogens (tertiary/aromatic N) is 2. The van der Waals surface area contributed by atoms with Gasteiger partial charge in [-0.2, -0.15) is 0 Å². The first kappa shape index (κ1) is 18.3. The molecule has 130 valence electrons. The maximum absolute atomic E-state index is 5.60. The molecule has 0 aliphatic carbocycles. The molecule has 0 aliphatic rings. The molecule has 2 aromatic rings. The molecule has 1 N–H and O–H groups in total. The molecule has 1 aromatic carbocycles. The number of aromatic nitrogens is 2. The second-order valence-electron chi connectivity index (χ2n) is 5.46. The van der Waals surface area contributed by atoms with E-state index in [9.17, 15) is 0 Å². The van der Waals surface area contributed by atoms with Crippen LogP contribution in [0.3, 0.4) is 0 Å². The first-order valence-electron chi connectivity index (χ1n) is 8.27. The van der Waals surface area contributed by atoms with E-state index < -0.39 is 0 Å². The minimum Gasteiger partial charge on any atom is -0.478 e. The van der Waals surface area contributed by atoms with Crippen molar-refractivity contribution in [2.24, 2.45) is 0 Å². The molecule has 24 heavy (non-hydrogen) atoms. The third-order valence-electron chi connectivity index (χ3n) is 4.02. The van der Waals surface area contributed by atoms with E-state index in [1.165, 1.54) is 0 Å². The van der Waals surface area contributed by atoms with Gasteiger partial charge in [0, 0.05) is 11.6 Å². The first-order valence-corrected chi connectivity index (χ1v) is 8.58. The summed E-state index contributed by atoms with van der Waals surface area (Å²) in [5, 5.41) is 3.42. The second kappa shape index (κ2) is 8.73. The van der Waals surface area contributed by atoms with E-state index in [1.807, 2.05) is 25.1 Å². The Kier molecular flexibility index (Phi) is 6.67. The zero-order valence-electron chi connectivity index (χ0n) is 14.6. The van der Waals surface area contributed by atoms with Crippen LogP contribution >= 0.6 is 11.9 Å². The summed E-state index contributed by atoms with van der Waals surface area (Å²) in [6.07, 6.45) is 2.75. The van der Waals surface area contributed by atoms with Gasteiger partial charge in [-0.1, -0.05) is 32.9 Å². The molecule has 0 spiro atoms. The van der Waals surface area contributed by atoms with Crippen molar-refractivity contribution in [2.75, 3.05) is 12.4 Å². The van der Waals surface area contributed by atoms with Crippen LogP contribution in [-0.4, -0.2) is 23.1 Å². The molecule has 0 aliphatic heterocycles. The molecule has 0 radical (unpaired) electrons. The van der Waals surface area contributed by atoms with Gasteiger partial charge >= 0.3 is 0 Å². The van der Waals surface area contributed by atoms with Crippen LogP contribution in [0.5, 0.6) is 11.6 Å². The van der Waals surface area contributed by atoms with E-state index in [-0.39, 0.29) is 0 Å². The van der Waals surface area contributed by atoms with Crippen molar-refractivity contribution in [1.82, 2.24) is 9.97 Å². The van der Waals surface area contributed by atoms with Gasteiger partial charge in [-0.25, -0.2) is 9.97 Å². The van der Waals surface area contributed by atoms with Crippen LogP contribution in [0.15, 0.2) is 24.3 Å². The monoisotopic (exact) mass is 349 g/mol. The summed E-state index contributed by atoms with van der Waals surface area (Å²) in [6, 6.07) is 7.82. The number of ether oxygens (including phenoxy) is 1. The van der Waals surface area contributed by atoms with E-state index in [1.54, 1.807) is 13.2 Å². The molecule has 5 nitrogen and oxygen atoms in total. The third kappa shape index (κ3) is 3.90. The maximum atomic E-state index is 5.60. The Balaban J connectivity index is 2.54. The highest BCUT2D eigenvalue weighted by Crippen LogP contribution is 2.34. The number of para-hydroxylation sites is 1. The summed E-state index contributed by atoms with van der Waals surface area (Å²) in [6.45, 7) is 6.33. The lowest BCUT2D eigenvalue weighted by atomic mass is 10.1. The van der Waals surface area contributed by atoms with Gasteiger partial charge in [0.1, 0.15) is 11.9 Å². The fourth-order valence-corrected chi connectivity index (χ4v) is 2.70. The van der Waals surface area contributed by atoms with Crippen LogP contribution in [0.25, 0.3) is 11.3 Å². The summed E-state index contributed by atoms with van der Waals surface area (Å²) >= 11 is 5.60. The van der Waals surface area contributed by atoms with Gasteiger partial charge in [0.15, 0.2) is 11.6 Å². The summed E-state index contributed by atoms with van der Waals surface area (Å²) in [5.74, 6) is 1.69. The molecule has 2 rings (SSSR count). The lowest BCUT2D eigenvalue weighted by Gasteiger charge is -2.19. The molecule has 0 atom stereocenters. The van der Waals surface area contributed by atoms with Crippen molar-refractivity contribution in [3.8, 4) is 22.9 Å². The zero-order chi connectivity index (χ0) is 17.5. The molecule has 0 saturated carbocycles. The molecular formula is C18H24ClN3O2. The van der Waals surface area contributed by atoms with E-state index >= 15 is 0 Å².